The zero-order chi connectivity index (χ0) is 73.9. The summed E-state index contributed by atoms with van der Waals surface area (Å²) in [5.74, 6) is 0. The number of hydrogen-bond donors (Lipinski definition) is 0. The number of hydrogen-bond acceptors (Lipinski definition) is 5. The summed E-state index contributed by atoms with van der Waals surface area (Å²) >= 11 is 1.15. The summed E-state index contributed by atoms with van der Waals surface area (Å²) in [5, 5.41) is 13.0. The lowest BCUT2D eigenvalue weighted by Crippen LogP contribution is -2.11. The van der Waals surface area contributed by atoms with Crippen LogP contribution in [0.2, 0.25) is 0 Å². The number of rotatable bonds is 13. The summed E-state index contributed by atoms with van der Waals surface area (Å²) in [6.45, 7) is 35.3. The minimum atomic E-state index is -4.45. The van der Waals surface area contributed by atoms with Crippen molar-refractivity contribution in [3.05, 3.63) is 346 Å². The van der Waals surface area contributed by atoms with Gasteiger partial charge in [-0.1, -0.05) is 277 Å². The van der Waals surface area contributed by atoms with Gasteiger partial charge in [0.1, 0.15) is 17.1 Å². The molecule has 105 heavy (non-hydrogen) atoms. The molecular weight excluding hydrogens is 1310 g/mol. The van der Waals surface area contributed by atoms with Crippen molar-refractivity contribution >= 4 is 84.0 Å². The number of allylic oxidation sites excluding steroid dienone is 1. The van der Waals surface area contributed by atoms with Crippen molar-refractivity contribution in [1.29, 1.82) is 5.26 Å². The molecule has 12 aromatic carbocycles. The fourth-order valence-corrected chi connectivity index (χ4v) is 14.7. The Hall–Kier alpha value is -11.7. The topological polar surface area (TPSA) is 62.1 Å². The zero-order valence-corrected chi connectivity index (χ0v) is 62.0. The van der Waals surface area contributed by atoms with Gasteiger partial charge in [0.05, 0.1) is 46.2 Å². The average molecular weight is 1400 g/mol. The molecule has 0 fully saturated rings. The van der Waals surface area contributed by atoms with Crippen molar-refractivity contribution in [2.24, 2.45) is 0 Å². The smallest absolute Gasteiger partial charge is 0.309 e. The second kappa shape index (κ2) is 27.5. The van der Waals surface area contributed by atoms with Gasteiger partial charge in [0.25, 0.3) is 0 Å². The largest absolute Gasteiger partial charge is 0.416 e. The van der Waals surface area contributed by atoms with Gasteiger partial charge in [0, 0.05) is 39.0 Å². The maximum atomic E-state index is 13.8. The third-order valence-corrected chi connectivity index (χ3v) is 20.7. The van der Waals surface area contributed by atoms with Crippen LogP contribution in [0.1, 0.15) is 144 Å². The fraction of sp³-hybridized carbons (Fsp3) is 0.179. The molecule has 0 unspecified atom stereocenters. The van der Waals surface area contributed by atoms with Crippen LogP contribution in [0.25, 0.3) is 99.2 Å². The minimum absolute atomic E-state index is 0.0279. The Kier molecular flexibility index (Phi) is 18.4. The molecule has 0 saturated heterocycles. The summed E-state index contributed by atoms with van der Waals surface area (Å²) in [5.41, 5.74) is 24.7. The number of benzene rings is 12. The van der Waals surface area contributed by atoms with E-state index in [2.05, 4.69) is 311 Å². The number of nitrogens with zero attached hydrogens (tertiary/aromatic N) is 6. The SMILES string of the molecule is [C-]#[N+]C(=C(c1ccc(C(C)(C)C)cc1)c1ccc(C(C)(C)C)cc1)c1ccc(-c2ccc(N(c3ccc(-c4ccc(C(C#N)=C(c5ccc(C(C)(C)C)cc5)c5ccc(C(C)(C)C)cc5)cc4)cc3)c3ccc(-c4ccc5c(c4)c4ccccc4n5-c4ccc(C(F)(F)F)cc4)c4nsnc34)cc2)cc1. The predicted molar refractivity (Wildman–Crippen MR) is 432 cm³/mol. The van der Waals surface area contributed by atoms with Gasteiger partial charge in [-0.15, -0.1) is 0 Å². The summed E-state index contributed by atoms with van der Waals surface area (Å²) in [6.07, 6.45) is -4.45. The van der Waals surface area contributed by atoms with Crippen molar-refractivity contribution < 1.29 is 13.2 Å². The summed E-state index contributed by atoms with van der Waals surface area (Å²) in [4.78, 5) is 6.50. The lowest BCUT2D eigenvalue weighted by atomic mass is 9.83. The Labute approximate surface area is 618 Å². The van der Waals surface area contributed by atoms with E-state index in [0.29, 0.717) is 22.5 Å². The molecular formula is C95H81F3N6S. The van der Waals surface area contributed by atoms with E-state index in [1.54, 1.807) is 0 Å². The first-order valence-electron chi connectivity index (χ1n) is 35.5. The molecule has 0 spiro atoms. The van der Waals surface area contributed by atoms with E-state index in [-0.39, 0.29) is 21.7 Å². The normalized spacial score (nSPS) is 12.1. The number of alkyl halides is 3. The Morgan fingerprint density at radius 1 is 0.400 bits per heavy atom. The number of nitriles is 1. The van der Waals surface area contributed by atoms with E-state index in [0.717, 1.165) is 146 Å². The molecule has 0 saturated carbocycles. The lowest BCUT2D eigenvalue weighted by molar-refractivity contribution is -0.137. The van der Waals surface area contributed by atoms with Crippen LogP contribution in [0.3, 0.4) is 0 Å². The molecule has 10 heteroatoms. The van der Waals surface area contributed by atoms with E-state index in [1.165, 1.54) is 34.4 Å². The molecule has 0 amide bonds. The lowest BCUT2D eigenvalue weighted by Gasteiger charge is -2.26. The van der Waals surface area contributed by atoms with Gasteiger partial charge < -0.3 is 9.47 Å². The Bertz CT molecular complexity index is 5370. The molecule has 518 valence electrons. The van der Waals surface area contributed by atoms with Crippen molar-refractivity contribution in [2.45, 2.75) is 111 Å². The highest BCUT2D eigenvalue weighted by molar-refractivity contribution is 7.00. The Balaban J connectivity index is 0.838. The highest BCUT2D eigenvalue weighted by Crippen LogP contribution is 2.46. The van der Waals surface area contributed by atoms with Gasteiger partial charge in [-0.25, -0.2) is 4.85 Å². The first-order chi connectivity index (χ1) is 50.1. The highest BCUT2D eigenvalue weighted by atomic mass is 32.1. The van der Waals surface area contributed by atoms with Crippen LogP contribution in [0, 0.1) is 17.9 Å². The van der Waals surface area contributed by atoms with E-state index in [9.17, 15) is 18.4 Å². The second-order valence-corrected chi connectivity index (χ2v) is 31.8. The Morgan fingerprint density at radius 2 is 0.781 bits per heavy atom. The minimum Gasteiger partial charge on any atom is -0.309 e. The van der Waals surface area contributed by atoms with E-state index >= 15 is 0 Å². The van der Waals surface area contributed by atoms with Crippen molar-refractivity contribution in [3.63, 3.8) is 0 Å². The van der Waals surface area contributed by atoms with Crippen molar-refractivity contribution in [3.8, 4) is 45.1 Å². The number of aromatic nitrogens is 3. The van der Waals surface area contributed by atoms with Crippen LogP contribution in [0.5, 0.6) is 0 Å². The van der Waals surface area contributed by atoms with Gasteiger partial charge in [-0.3, -0.25) is 0 Å². The number of halogens is 3. The zero-order valence-electron chi connectivity index (χ0n) is 61.2. The van der Waals surface area contributed by atoms with Crippen LogP contribution >= 0.6 is 11.7 Å². The first kappa shape index (κ1) is 70.4. The molecule has 0 aliphatic heterocycles. The highest BCUT2D eigenvalue weighted by Gasteiger charge is 2.31. The van der Waals surface area contributed by atoms with Gasteiger partial charge in [0.15, 0.2) is 0 Å². The second-order valence-electron chi connectivity index (χ2n) is 31.3. The molecule has 0 aliphatic rings. The van der Waals surface area contributed by atoms with Gasteiger partial charge >= 0.3 is 6.18 Å². The predicted octanol–water partition coefficient (Wildman–Crippen LogP) is 26.8. The van der Waals surface area contributed by atoms with Crippen LogP contribution in [-0.2, 0) is 27.8 Å². The molecule has 6 nitrogen and oxygen atoms in total. The quantitative estimate of drug-likeness (QED) is 0.0656. The van der Waals surface area contributed by atoms with E-state index < -0.39 is 11.7 Å². The van der Waals surface area contributed by atoms with Crippen molar-refractivity contribution in [2.75, 3.05) is 4.90 Å². The number of fused-ring (bicyclic) bond motifs is 4. The monoisotopic (exact) mass is 1390 g/mol. The molecule has 2 aromatic heterocycles. The third kappa shape index (κ3) is 14.1. The van der Waals surface area contributed by atoms with E-state index in [4.69, 9.17) is 15.3 Å². The molecule has 0 bridgehead atoms. The standard InChI is InChI=1S/C95H81F3N6S/c1-91(2,3)71-39-26-65(27-40-71)86(66-28-41-72(42-29-66)92(4,5)6)82(59-99)64-22-18-60(19-23-64)62-34-49-76(50-35-62)103(85-57-55-79(89-90(85)102-105-101-89)70-38-56-84-81(58-70)80-16-14-15-17-83(80)104(84)78-53-47-75(48-54-78)95(96,97)98)77-51-36-63(37-52-77)61-20-24-69(25-21-61)88(100-13)87(67-30-43-73(44-31-67)93(7,8)9)68-32-45-74(46-33-68)94(10,11)12/h14-58H,1-12H3. The first-order valence-corrected chi connectivity index (χ1v) is 36.2. The van der Waals surface area contributed by atoms with Crippen molar-refractivity contribution in [1.82, 2.24) is 13.3 Å². The summed E-state index contributed by atoms with van der Waals surface area (Å²) < 4.78 is 53.4. The number of anilines is 3. The molecule has 14 aromatic rings. The van der Waals surface area contributed by atoms with Crippen LogP contribution in [0.4, 0.5) is 30.2 Å². The van der Waals surface area contributed by atoms with E-state index in [1.807, 2.05) is 41.0 Å². The Morgan fingerprint density at radius 3 is 1.21 bits per heavy atom. The van der Waals surface area contributed by atoms with Gasteiger partial charge in [-0.05, 0) is 190 Å². The van der Waals surface area contributed by atoms with Crippen LogP contribution in [-0.4, -0.2) is 13.3 Å². The average Bonchev–Trinajstić information content (AvgIpc) is 1.60. The maximum absolute atomic E-state index is 13.8. The summed E-state index contributed by atoms with van der Waals surface area (Å²) in [7, 11) is 0. The molecule has 0 N–H and O–H groups in total. The molecule has 2 heterocycles. The number of para-hydroxylation sites is 1. The maximum Gasteiger partial charge on any atom is 0.416 e. The molecule has 0 radical (unpaired) electrons. The molecule has 0 aliphatic carbocycles. The van der Waals surface area contributed by atoms with Gasteiger partial charge in [-0.2, -0.15) is 27.2 Å². The fourth-order valence-electron chi connectivity index (χ4n) is 14.1. The van der Waals surface area contributed by atoms with Crippen LogP contribution in [0.15, 0.2) is 273 Å². The summed E-state index contributed by atoms with van der Waals surface area (Å²) in [6, 6.07) is 94.6. The van der Waals surface area contributed by atoms with Gasteiger partial charge in [0.2, 0.25) is 5.70 Å². The molecule has 14 rings (SSSR count). The molecule has 0 atom stereocenters. The third-order valence-electron chi connectivity index (χ3n) is 20.2. The van der Waals surface area contributed by atoms with Crippen LogP contribution < -0.4 is 4.90 Å².